The molecule has 2 aromatic carbocycles. The Morgan fingerprint density at radius 3 is 2.66 bits per heavy atom. The average molecular weight is 561 g/mol. The number of fused-ring (bicyclic) bond motifs is 1. The van der Waals surface area contributed by atoms with Gasteiger partial charge in [0.05, 0.1) is 18.3 Å². The third kappa shape index (κ3) is 6.28. The van der Waals surface area contributed by atoms with E-state index in [0.717, 1.165) is 65.5 Å². The van der Waals surface area contributed by atoms with Crippen LogP contribution in [0.5, 0.6) is 5.75 Å². The van der Waals surface area contributed by atoms with Gasteiger partial charge in [-0.05, 0) is 101 Å². The van der Waals surface area contributed by atoms with E-state index in [2.05, 4.69) is 37.4 Å². The van der Waals surface area contributed by atoms with Crippen molar-refractivity contribution in [3.8, 4) is 5.75 Å². The molecule has 2 aliphatic heterocycles. The molecule has 220 valence electrons. The molecule has 41 heavy (non-hydrogen) atoms. The van der Waals surface area contributed by atoms with Gasteiger partial charge in [-0.25, -0.2) is 0 Å². The summed E-state index contributed by atoms with van der Waals surface area (Å²) in [5.74, 6) is 1.03. The Kier molecular flexibility index (Phi) is 8.17. The Morgan fingerprint density at radius 2 is 1.95 bits per heavy atom. The predicted octanol–water partition coefficient (Wildman–Crippen LogP) is 4.70. The lowest BCUT2D eigenvalue weighted by molar-refractivity contribution is 0.0772. The molecule has 1 saturated carbocycles. The second kappa shape index (κ2) is 11.5. The molecule has 1 amide bonds. The summed E-state index contributed by atoms with van der Waals surface area (Å²) < 4.78 is 6.14. The number of rotatable bonds is 8. The standard InChI is InChI=1S/C33H44N4O4/c1-21-8-7-9-25-14-27(39)15-28(30(21)25)32(40)36-16-22(2)29(18-36)31(37-17-26(38)11-10-23(37)3)34-24(4)41-20-33(12-13-33)19-35(5)6/h7-9,14-15,23,26,38-39H,4,10-13,16-20H2,1-3,5-6H3/b34-31+/t23?,26-/m1/s1. The number of aliphatic imine (C=N–C) groups is 1. The van der Waals surface area contributed by atoms with Crippen molar-refractivity contribution in [2.24, 2.45) is 10.4 Å². The van der Waals surface area contributed by atoms with Crippen LogP contribution in [0.2, 0.25) is 0 Å². The van der Waals surface area contributed by atoms with Crippen molar-refractivity contribution < 1.29 is 19.7 Å². The number of phenols is 1. The number of hydrogen-bond acceptors (Lipinski definition) is 6. The van der Waals surface area contributed by atoms with Crippen molar-refractivity contribution >= 4 is 22.5 Å². The van der Waals surface area contributed by atoms with E-state index < -0.39 is 6.10 Å². The van der Waals surface area contributed by atoms with Crippen molar-refractivity contribution in [1.82, 2.24) is 14.7 Å². The molecule has 3 aliphatic rings. The van der Waals surface area contributed by atoms with Crippen LogP contribution >= 0.6 is 0 Å². The number of amides is 1. The zero-order valence-electron chi connectivity index (χ0n) is 25.1. The van der Waals surface area contributed by atoms with E-state index in [1.54, 1.807) is 12.1 Å². The van der Waals surface area contributed by atoms with Gasteiger partial charge in [0.25, 0.3) is 5.91 Å². The SMILES string of the molecule is C=C(/N=C(\C1=C(C)CN(C(=O)c2cc(O)cc3cccc(C)c23)C1)N1C[C@H](O)CCC1C)OCC1(CN(C)C)CC1. The Morgan fingerprint density at radius 1 is 1.20 bits per heavy atom. The van der Waals surface area contributed by atoms with Crippen LogP contribution in [0.3, 0.4) is 0 Å². The summed E-state index contributed by atoms with van der Waals surface area (Å²) in [6, 6.07) is 9.28. The molecule has 2 aromatic rings. The van der Waals surface area contributed by atoms with E-state index in [9.17, 15) is 15.0 Å². The number of aryl methyl sites for hydroxylation is 1. The van der Waals surface area contributed by atoms with Crippen LogP contribution in [-0.2, 0) is 4.74 Å². The van der Waals surface area contributed by atoms with Crippen LogP contribution in [0.1, 0.15) is 55.5 Å². The van der Waals surface area contributed by atoms with Gasteiger partial charge in [-0.15, -0.1) is 0 Å². The topological polar surface area (TPSA) is 88.8 Å². The van der Waals surface area contributed by atoms with Gasteiger partial charge in [0, 0.05) is 43.2 Å². The number of carbonyl (C=O) groups is 1. The highest BCUT2D eigenvalue weighted by atomic mass is 16.5. The number of piperidine rings is 1. The number of amidine groups is 1. The Labute approximate surface area is 243 Å². The smallest absolute Gasteiger partial charge is 0.255 e. The van der Waals surface area contributed by atoms with E-state index in [0.29, 0.717) is 37.7 Å². The summed E-state index contributed by atoms with van der Waals surface area (Å²) >= 11 is 0. The van der Waals surface area contributed by atoms with Crippen LogP contribution in [0.4, 0.5) is 0 Å². The number of carbonyl (C=O) groups excluding carboxylic acids is 1. The highest BCUT2D eigenvalue weighted by Gasteiger charge is 2.44. The fourth-order valence-electron chi connectivity index (χ4n) is 6.38. The average Bonchev–Trinajstić information content (AvgIpc) is 3.56. The Bertz CT molecular complexity index is 1410. The molecule has 8 heteroatoms. The lowest BCUT2D eigenvalue weighted by Gasteiger charge is -2.39. The molecule has 5 rings (SSSR count). The number of phenolic OH excluding ortho intramolecular Hbond substituents is 1. The van der Waals surface area contributed by atoms with Crippen LogP contribution in [-0.4, -0.2) is 95.7 Å². The molecule has 8 nitrogen and oxygen atoms in total. The van der Waals surface area contributed by atoms with Crippen molar-refractivity contribution in [3.05, 3.63) is 65.1 Å². The lowest BCUT2D eigenvalue weighted by atomic mass is 9.98. The molecule has 2 heterocycles. The summed E-state index contributed by atoms with van der Waals surface area (Å²) in [4.78, 5) is 25.0. The van der Waals surface area contributed by atoms with Crippen molar-refractivity contribution in [2.45, 2.75) is 58.6 Å². The summed E-state index contributed by atoms with van der Waals surface area (Å²) in [6.45, 7) is 13.2. The number of nitrogens with zero attached hydrogens (tertiary/aromatic N) is 4. The molecule has 0 radical (unpaired) electrons. The summed E-state index contributed by atoms with van der Waals surface area (Å²) in [7, 11) is 4.16. The van der Waals surface area contributed by atoms with Crippen molar-refractivity contribution in [3.63, 3.8) is 0 Å². The second-order valence-corrected chi connectivity index (χ2v) is 12.7. The molecule has 1 aliphatic carbocycles. The van der Waals surface area contributed by atoms with Gasteiger partial charge in [0.15, 0.2) is 0 Å². The molecule has 1 saturated heterocycles. The molecule has 0 aromatic heterocycles. The number of β-amino-alcohol motifs (C(OH)–C–C–N with tert-alkyl or cyclic N) is 1. The number of hydrogen-bond donors (Lipinski definition) is 2. The van der Waals surface area contributed by atoms with Gasteiger partial charge >= 0.3 is 0 Å². The zero-order chi connectivity index (χ0) is 29.5. The maximum atomic E-state index is 14.0. The third-order valence-electron chi connectivity index (χ3n) is 8.76. The molecular formula is C33H44N4O4. The van der Waals surface area contributed by atoms with E-state index >= 15 is 0 Å². The molecular weight excluding hydrogens is 516 g/mol. The van der Waals surface area contributed by atoms with Gasteiger partial charge in [-0.1, -0.05) is 18.2 Å². The molecule has 2 atom stereocenters. The number of aromatic hydroxyl groups is 1. The lowest BCUT2D eigenvalue weighted by Crippen LogP contribution is -2.48. The first-order valence-corrected chi connectivity index (χ1v) is 14.7. The van der Waals surface area contributed by atoms with Gasteiger partial charge < -0.3 is 29.6 Å². The van der Waals surface area contributed by atoms with Crippen LogP contribution in [0.25, 0.3) is 10.8 Å². The van der Waals surface area contributed by atoms with Crippen LogP contribution in [0.15, 0.2) is 58.9 Å². The van der Waals surface area contributed by atoms with E-state index in [4.69, 9.17) is 9.73 Å². The minimum absolute atomic E-state index is 0.0741. The number of likely N-dealkylation sites (tertiary alicyclic amines) is 1. The van der Waals surface area contributed by atoms with E-state index in [-0.39, 0.29) is 23.1 Å². The highest BCUT2D eigenvalue weighted by Crippen LogP contribution is 2.46. The monoisotopic (exact) mass is 560 g/mol. The van der Waals surface area contributed by atoms with Crippen LogP contribution < -0.4 is 0 Å². The molecule has 0 spiro atoms. The van der Waals surface area contributed by atoms with Gasteiger partial charge in [-0.3, -0.25) is 4.79 Å². The van der Waals surface area contributed by atoms with E-state index in [1.807, 2.05) is 36.9 Å². The normalized spacial score (nSPS) is 22.6. The number of ether oxygens (including phenoxy) is 1. The number of benzene rings is 2. The van der Waals surface area contributed by atoms with Crippen molar-refractivity contribution in [2.75, 3.05) is 46.9 Å². The minimum Gasteiger partial charge on any atom is -0.508 e. The molecule has 1 unspecified atom stereocenters. The number of aliphatic hydroxyl groups excluding tert-OH is 1. The first-order chi connectivity index (χ1) is 19.5. The largest absolute Gasteiger partial charge is 0.508 e. The zero-order valence-corrected chi connectivity index (χ0v) is 25.1. The summed E-state index contributed by atoms with van der Waals surface area (Å²) in [5.41, 5.74) is 3.65. The molecule has 2 N–H and O–H groups in total. The second-order valence-electron chi connectivity index (χ2n) is 12.7. The molecule has 0 bridgehead atoms. The van der Waals surface area contributed by atoms with Crippen molar-refractivity contribution in [1.29, 1.82) is 0 Å². The summed E-state index contributed by atoms with van der Waals surface area (Å²) in [6.07, 6.45) is 3.43. The number of aliphatic hydroxyl groups is 1. The van der Waals surface area contributed by atoms with E-state index in [1.165, 1.54) is 0 Å². The quantitative estimate of drug-likeness (QED) is 0.277. The Hall–Kier alpha value is -3.36. The predicted molar refractivity (Wildman–Crippen MR) is 163 cm³/mol. The third-order valence-corrected chi connectivity index (χ3v) is 8.76. The summed E-state index contributed by atoms with van der Waals surface area (Å²) in [5, 5.41) is 22.7. The van der Waals surface area contributed by atoms with Gasteiger partial charge in [-0.2, -0.15) is 4.99 Å². The fraction of sp³-hybridized carbons (Fsp3) is 0.515. The Balaban J connectivity index is 1.42. The maximum Gasteiger partial charge on any atom is 0.255 e. The van der Waals surface area contributed by atoms with Gasteiger partial charge in [0.2, 0.25) is 5.88 Å². The van der Waals surface area contributed by atoms with Gasteiger partial charge in [0.1, 0.15) is 11.6 Å². The van der Waals surface area contributed by atoms with Crippen LogP contribution in [0, 0.1) is 12.3 Å². The molecule has 2 fully saturated rings. The first kappa shape index (κ1) is 29.1. The maximum absolute atomic E-state index is 14.0. The first-order valence-electron chi connectivity index (χ1n) is 14.7. The highest BCUT2D eigenvalue weighted by molar-refractivity contribution is 6.10. The minimum atomic E-state index is -0.443. The fourth-order valence-corrected chi connectivity index (χ4v) is 6.38.